The summed E-state index contributed by atoms with van der Waals surface area (Å²) in [5.74, 6) is 0.212. The smallest absolute Gasteiger partial charge is 0.213 e. The number of hydrogen-bond donors (Lipinski definition) is 2. The van der Waals surface area contributed by atoms with Crippen LogP contribution in [0.25, 0.3) is 0 Å². The number of sulfonamides is 1. The van der Waals surface area contributed by atoms with E-state index in [2.05, 4.69) is 4.72 Å². The number of hydrogen-bond acceptors (Lipinski definition) is 4. The Morgan fingerprint density at radius 3 is 2.54 bits per heavy atom. The zero-order chi connectivity index (χ0) is 10.3. The Hall–Kier alpha value is 0.0200. The first kappa shape index (κ1) is 13.0. The van der Waals surface area contributed by atoms with Crippen LogP contribution >= 0.6 is 0 Å². The molecule has 0 saturated heterocycles. The van der Waals surface area contributed by atoms with Crippen molar-refractivity contribution in [2.75, 3.05) is 30.9 Å². The molecule has 7 heteroatoms. The Morgan fingerprint density at radius 1 is 1.46 bits per heavy atom. The van der Waals surface area contributed by atoms with Crippen LogP contribution in [0.4, 0.5) is 0 Å². The molecular formula is C6H15NO4S2. The minimum atomic E-state index is -3.33. The lowest BCUT2D eigenvalue weighted by atomic mass is 10.5. The van der Waals surface area contributed by atoms with Crippen molar-refractivity contribution in [3.63, 3.8) is 0 Å². The van der Waals surface area contributed by atoms with E-state index in [0.717, 1.165) is 0 Å². The molecule has 0 spiro atoms. The lowest BCUT2D eigenvalue weighted by molar-refractivity contribution is 0.319. The van der Waals surface area contributed by atoms with Crippen molar-refractivity contribution in [2.45, 2.75) is 6.42 Å². The van der Waals surface area contributed by atoms with Gasteiger partial charge in [-0.2, -0.15) is 0 Å². The predicted molar refractivity (Wildman–Crippen MR) is 52.4 cm³/mol. The summed E-state index contributed by atoms with van der Waals surface area (Å²) in [6, 6.07) is 0. The minimum Gasteiger partial charge on any atom is -0.395 e. The van der Waals surface area contributed by atoms with E-state index >= 15 is 0 Å². The molecule has 0 aromatic carbocycles. The molecule has 0 aliphatic carbocycles. The van der Waals surface area contributed by atoms with Crippen molar-refractivity contribution < 1.29 is 17.7 Å². The van der Waals surface area contributed by atoms with Gasteiger partial charge in [0.05, 0.1) is 12.4 Å². The second kappa shape index (κ2) is 6.47. The first-order valence-electron chi connectivity index (χ1n) is 3.86. The average Bonchev–Trinajstić information content (AvgIpc) is 1.98. The zero-order valence-electron chi connectivity index (χ0n) is 7.52. The number of aliphatic hydroxyl groups excluding tert-OH is 1. The highest BCUT2D eigenvalue weighted by atomic mass is 32.2. The molecule has 0 aromatic rings. The van der Waals surface area contributed by atoms with Crippen molar-refractivity contribution in [3.05, 3.63) is 0 Å². The molecule has 1 unspecified atom stereocenters. The third-order valence-corrected chi connectivity index (χ3v) is 3.52. The van der Waals surface area contributed by atoms with Gasteiger partial charge in [0.25, 0.3) is 0 Å². The van der Waals surface area contributed by atoms with Gasteiger partial charge in [0.15, 0.2) is 0 Å². The highest BCUT2D eigenvalue weighted by molar-refractivity contribution is 7.89. The van der Waals surface area contributed by atoms with Crippen molar-refractivity contribution in [1.29, 1.82) is 0 Å². The average molecular weight is 229 g/mol. The number of aliphatic hydroxyl groups is 1. The summed E-state index contributed by atoms with van der Waals surface area (Å²) in [5, 5.41) is 8.38. The van der Waals surface area contributed by atoms with E-state index in [9.17, 15) is 12.6 Å². The number of nitrogens with one attached hydrogen (secondary N) is 1. The Kier molecular flexibility index (Phi) is 6.48. The lowest BCUT2D eigenvalue weighted by Gasteiger charge is -2.03. The zero-order valence-corrected chi connectivity index (χ0v) is 9.16. The molecule has 0 aliphatic rings. The normalized spacial score (nSPS) is 14.3. The molecule has 13 heavy (non-hydrogen) atoms. The quantitative estimate of drug-likeness (QED) is 0.530. The number of rotatable bonds is 7. The summed E-state index contributed by atoms with van der Waals surface area (Å²) in [5.41, 5.74) is 0. The highest BCUT2D eigenvalue weighted by Gasteiger charge is 2.07. The van der Waals surface area contributed by atoms with Gasteiger partial charge in [-0.3, -0.25) is 4.21 Å². The summed E-state index contributed by atoms with van der Waals surface area (Å²) in [4.78, 5) is 0. The van der Waals surface area contributed by atoms with Gasteiger partial charge >= 0.3 is 0 Å². The Labute approximate surface area is 81.0 Å². The van der Waals surface area contributed by atoms with Gasteiger partial charge in [-0.05, 0) is 6.42 Å². The topological polar surface area (TPSA) is 83.5 Å². The summed E-state index contributed by atoms with van der Waals surface area (Å²) in [7, 11) is -4.21. The van der Waals surface area contributed by atoms with Crippen molar-refractivity contribution in [3.8, 4) is 0 Å². The molecule has 0 saturated carbocycles. The van der Waals surface area contributed by atoms with Gasteiger partial charge in [-0.1, -0.05) is 0 Å². The maximum Gasteiger partial charge on any atom is 0.213 e. The van der Waals surface area contributed by atoms with Crippen molar-refractivity contribution >= 4 is 20.8 Å². The first-order chi connectivity index (χ1) is 5.98. The summed E-state index contributed by atoms with van der Waals surface area (Å²) in [6.07, 6.45) is 2.12. The van der Waals surface area contributed by atoms with Crippen LogP contribution in [0.2, 0.25) is 0 Å². The molecule has 0 rings (SSSR count). The van der Waals surface area contributed by atoms with E-state index in [1.54, 1.807) is 6.26 Å². The van der Waals surface area contributed by atoms with Crippen LogP contribution in [0.5, 0.6) is 0 Å². The van der Waals surface area contributed by atoms with Crippen LogP contribution < -0.4 is 4.72 Å². The maximum absolute atomic E-state index is 10.9. The van der Waals surface area contributed by atoms with E-state index in [0.29, 0.717) is 12.2 Å². The summed E-state index contributed by atoms with van der Waals surface area (Å²) in [6.45, 7) is -0.100. The molecule has 80 valence electrons. The molecule has 0 aliphatic heterocycles. The van der Waals surface area contributed by atoms with Crippen LogP contribution in [0, 0.1) is 0 Å². The Bertz CT molecular complexity index is 249. The fraction of sp³-hybridized carbons (Fsp3) is 1.00. The lowest BCUT2D eigenvalue weighted by Crippen LogP contribution is -2.29. The van der Waals surface area contributed by atoms with Gasteiger partial charge in [0.1, 0.15) is 0 Å². The monoisotopic (exact) mass is 229 g/mol. The second-order valence-electron chi connectivity index (χ2n) is 2.57. The van der Waals surface area contributed by atoms with Crippen molar-refractivity contribution in [1.82, 2.24) is 4.72 Å². The predicted octanol–water partition coefficient (Wildman–Crippen LogP) is -1.33. The molecule has 5 nitrogen and oxygen atoms in total. The van der Waals surface area contributed by atoms with Crippen LogP contribution in [0.3, 0.4) is 0 Å². The van der Waals surface area contributed by atoms with Gasteiger partial charge < -0.3 is 5.11 Å². The van der Waals surface area contributed by atoms with E-state index in [4.69, 9.17) is 5.11 Å². The summed E-state index contributed by atoms with van der Waals surface area (Å²) >= 11 is 0. The molecular weight excluding hydrogens is 214 g/mol. The summed E-state index contributed by atoms with van der Waals surface area (Å²) < 4.78 is 34.7. The van der Waals surface area contributed by atoms with Gasteiger partial charge in [0, 0.05) is 29.4 Å². The third-order valence-electron chi connectivity index (χ3n) is 1.29. The highest BCUT2D eigenvalue weighted by Crippen LogP contribution is 1.86. The first-order valence-corrected chi connectivity index (χ1v) is 7.24. The molecule has 0 radical (unpaired) electrons. The fourth-order valence-electron chi connectivity index (χ4n) is 0.695. The Morgan fingerprint density at radius 2 is 2.08 bits per heavy atom. The fourth-order valence-corrected chi connectivity index (χ4v) is 2.09. The van der Waals surface area contributed by atoms with Crippen molar-refractivity contribution in [2.24, 2.45) is 0 Å². The van der Waals surface area contributed by atoms with E-state index < -0.39 is 20.8 Å². The van der Waals surface area contributed by atoms with E-state index in [-0.39, 0.29) is 18.9 Å². The minimum absolute atomic E-state index is 0.276. The van der Waals surface area contributed by atoms with Crippen LogP contribution in [0.1, 0.15) is 6.42 Å². The maximum atomic E-state index is 10.9. The molecule has 0 aromatic heterocycles. The third kappa shape index (κ3) is 8.35. The molecule has 0 bridgehead atoms. The van der Waals surface area contributed by atoms with Crippen LogP contribution in [-0.4, -0.2) is 48.6 Å². The van der Waals surface area contributed by atoms with Gasteiger partial charge in [-0.25, -0.2) is 13.1 Å². The second-order valence-corrected chi connectivity index (χ2v) is 6.05. The van der Waals surface area contributed by atoms with Gasteiger partial charge in [-0.15, -0.1) is 0 Å². The van der Waals surface area contributed by atoms with Crippen LogP contribution in [-0.2, 0) is 20.8 Å². The standard InChI is InChI=1S/C6H15NO4S2/c1-12(9)5-2-3-7-13(10,11)6-4-8/h7-8H,2-6H2,1H3. The largest absolute Gasteiger partial charge is 0.395 e. The SMILES string of the molecule is CS(=O)CCCNS(=O)(=O)CCO. The Balaban J connectivity index is 3.58. The molecule has 0 amide bonds. The molecule has 1 atom stereocenters. The molecule has 0 fully saturated rings. The molecule has 2 N–H and O–H groups in total. The van der Waals surface area contributed by atoms with Crippen LogP contribution in [0.15, 0.2) is 0 Å². The van der Waals surface area contributed by atoms with Gasteiger partial charge in [0.2, 0.25) is 10.0 Å². The molecule has 0 heterocycles. The van der Waals surface area contributed by atoms with E-state index in [1.165, 1.54) is 0 Å². The van der Waals surface area contributed by atoms with E-state index in [1.807, 2.05) is 0 Å².